The minimum Gasteiger partial charge on any atom is -0.357 e. The Morgan fingerprint density at radius 2 is 1.82 bits per heavy atom. The van der Waals surface area contributed by atoms with Crippen LogP contribution in [0.25, 0.3) is 0 Å². The number of nitrogens with one attached hydrogen (secondary N) is 4. The normalized spacial score (nSPS) is 14.6. The Bertz CT molecular complexity index is 391. The van der Waals surface area contributed by atoms with Crippen molar-refractivity contribution in [3.8, 4) is 0 Å². The van der Waals surface area contributed by atoms with E-state index in [9.17, 15) is 9.59 Å². The van der Waals surface area contributed by atoms with E-state index < -0.39 is 0 Å². The summed E-state index contributed by atoms with van der Waals surface area (Å²) in [5, 5.41) is 12.0. The molecule has 0 radical (unpaired) electrons. The van der Waals surface area contributed by atoms with Crippen molar-refractivity contribution >= 4 is 17.8 Å². The summed E-state index contributed by atoms with van der Waals surface area (Å²) in [5.74, 6) is 1.06. The summed E-state index contributed by atoms with van der Waals surface area (Å²) in [4.78, 5) is 27.4. The molecule has 7 nitrogen and oxygen atoms in total. The first-order valence-corrected chi connectivity index (χ1v) is 8.12. The minimum absolute atomic E-state index is 0.00583. The highest BCUT2D eigenvalue weighted by atomic mass is 16.2. The zero-order valence-corrected chi connectivity index (χ0v) is 13.9. The Morgan fingerprint density at radius 1 is 1.14 bits per heavy atom. The third-order valence-electron chi connectivity index (χ3n) is 3.07. The van der Waals surface area contributed by atoms with Gasteiger partial charge in [0.25, 0.3) is 0 Å². The molecular weight excluding hydrogens is 282 g/mol. The predicted molar refractivity (Wildman–Crippen MR) is 87.6 cm³/mol. The van der Waals surface area contributed by atoms with Crippen LogP contribution in [0.15, 0.2) is 4.99 Å². The highest BCUT2D eigenvalue weighted by molar-refractivity contribution is 5.82. The Hall–Kier alpha value is -1.79. The number of carbonyl (C=O) groups is 2. The monoisotopic (exact) mass is 311 g/mol. The zero-order chi connectivity index (χ0) is 16.4. The van der Waals surface area contributed by atoms with E-state index in [0.29, 0.717) is 32.0 Å². The molecule has 1 fully saturated rings. The Morgan fingerprint density at radius 3 is 2.41 bits per heavy atom. The molecule has 7 heteroatoms. The van der Waals surface area contributed by atoms with E-state index >= 15 is 0 Å². The molecule has 0 spiro atoms. The van der Waals surface area contributed by atoms with E-state index in [1.165, 1.54) is 0 Å². The maximum absolute atomic E-state index is 11.5. The predicted octanol–water partition coefficient (Wildman–Crippen LogP) is -0.0176. The van der Waals surface area contributed by atoms with E-state index in [1.54, 1.807) is 0 Å². The lowest BCUT2D eigenvalue weighted by atomic mass is 10.3. The Labute approximate surface area is 132 Å². The number of carbonyl (C=O) groups excluding carboxylic acids is 2. The van der Waals surface area contributed by atoms with Crippen LogP contribution < -0.4 is 21.3 Å². The second-order valence-corrected chi connectivity index (χ2v) is 5.72. The average Bonchev–Trinajstić information content (AvgIpc) is 3.26. The second kappa shape index (κ2) is 10.0. The Balaban J connectivity index is 2.19. The van der Waals surface area contributed by atoms with E-state index in [2.05, 4.69) is 26.3 Å². The standard InChI is InChI=1S/C15H29N5O2/c1-4-16-15(18-8-7-13(21)20-11(2)3)19-10-9-17-14(22)12-5-6-12/h11-12H,4-10H2,1-3H3,(H,17,22)(H,20,21)(H2,16,18,19). The summed E-state index contributed by atoms with van der Waals surface area (Å²) in [7, 11) is 0. The van der Waals surface area contributed by atoms with Crippen molar-refractivity contribution in [1.29, 1.82) is 0 Å². The first-order valence-electron chi connectivity index (χ1n) is 8.12. The van der Waals surface area contributed by atoms with Crippen LogP contribution in [0.3, 0.4) is 0 Å². The topological polar surface area (TPSA) is 94.6 Å². The summed E-state index contributed by atoms with van der Waals surface area (Å²) in [6.45, 7) is 8.22. The number of hydrogen-bond acceptors (Lipinski definition) is 3. The fraction of sp³-hybridized carbons (Fsp3) is 0.800. The lowest BCUT2D eigenvalue weighted by Crippen LogP contribution is -2.42. The molecule has 0 aromatic rings. The molecule has 0 aromatic heterocycles. The van der Waals surface area contributed by atoms with Gasteiger partial charge in [0.2, 0.25) is 11.8 Å². The summed E-state index contributed by atoms with van der Waals surface area (Å²) in [6.07, 6.45) is 2.40. The van der Waals surface area contributed by atoms with Gasteiger partial charge in [-0.1, -0.05) is 0 Å². The molecule has 1 aliphatic carbocycles. The van der Waals surface area contributed by atoms with Crippen LogP contribution in [-0.2, 0) is 9.59 Å². The first-order chi connectivity index (χ1) is 10.5. The lowest BCUT2D eigenvalue weighted by molar-refractivity contribution is -0.122. The van der Waals surface area contributed by atoms with E-state index in [0.717, 1.165) is 19.4 Å². The van der Waals surface area contributed by atoms with Crippen molar-refractivity contribution in [2.75, 3.05) is 26.2 Å². The van der Waals surface area contributed by atoms with E-state index in [-0.39, 0.29) is 23.8 Å². The Kier molecular flexibility index (Phi) is 8.32. The summed E-state index contributed by atoms with van der Waals surface area (Å²) in [5.41, 5.74) is 0. The number of rotatable bonds is 9. The largest absolute Gasteiger partial charge is 0.357 e. The summed E-state index contributed by atoms with van der Waals surface area (Å²) < 4.78 is 0. The molecule has 0 aliphatic heterocycles. The second-order valence-electron chi connectivity index (χ2n) is 5.72. The summed E-state index contributed by atoms with van der Waals surface area (Å²) in [6, 6.07) is 0.151. The van der Waals surface area contributed by atoms with Gasteiger partial charge in [-0.25, -0.2) is 0 Å². The van der Waals surface area contributed by atoms with Gasteiger partial charge in [0.05, 0.1) is 6.54 Å². The van der Waals surface area contributed by atoms with Gasteiger partial charge in [-0.3, -0.25) is 14.6 Å². The lowest BCUT2D eigenvalue weighted by Gasteiger charge is -2.12. The van der Waals surface area contributed by atoms with Crippen LogP contribution in [0.2, 0.25) is 0 Å². The number of hydrogen-bond donors (Lipinski definition) is 4. The van der Waals surface area contributed by atoms with Gasteiger partial charge in [0.15, 0.2) is 5.96 Å². The van der Waals surface area contributed by atoms with E-state index in [4.69, 9.17) is 0 Å². The average molecular weight is 311 g/mol. The molecule has 1 saturated carbocycles. The van der Waals surface area contributed by atoms with Crippen molar-refractivity contribution in [3.63, 3.8) is 0 Å². The maximum atomic E-state index is 11.5. The van der Waals surface area contributed by atoms with Crippen LogP contribution in [-0.4, -0.2) is 50.0 Å². The van der Waals surface area contributed by atoms with Gasteiger partial charge in [-0.05, 0) is 33.6 Å². The van der Waals surface area contributed by atoms with Crippen molar-refractivity contribution in [1.82, 2.24) is 21.3 Å². The molecule has 22 heavy (non-hydrogen) atoms. The van der Waals surface area contributed by atoms with Crippen molar-refractivity contribution in [2.45, 2.75) is 46.1 Å². The quantitative estimate of drug-likeness (QED) is 0.273. The van der Waals surface area contributed by atoms with Gasteiger partial charge in [0.1, 0.15) is 0 Å². The van der Waals surface area contributed by atoms with Gasteiger partial charge >= 0.3 is 0 Å². The number of amides is 2. The van der Waals surface area contributed by atoms with Crippen LogP contribution in [0.5, 0.6) is 0 Å². The fourth-order valence-corrected chi connectivity index (χ4v) is 1.86. The van der Waals surface area contributed by atoms with Crippen LogP contribution in [0, 0.1) is 5.92 Å². The van der Waals surface area contributed by atoms with Crippen molar-refractivity contribution in [2.24, 2.45) is 10.9 Å². The molecule has 2 amide bonds. The molecule has 1 aliphatic rings. The fourth-order valence-electron chi connectivity index (χ4n) is 1.86. The maximum Gasteiger partial charge on any atom is 0.223 e. The molecule has 0 unspecified atom stereocenters. The molecule has 0 bridgehead atoms. The number of nitrogens with zero attached hydrogens (tertiary/aromatic N) is 1. The number of guanidine groups is 1. The number of aliphatic imine (C=N–C) groups is 1. The van der Waals surface area contributed by atoms with Gasteiger partial charge in [-0.2, -0.15) is 0 Å². The molecule has 0 saturated heterocycles. The van der Waals surface area contributed by atoms with Gasteiger partial charge in [0, 0.05) is 38.0 Å². The highest BCUT2D eigenvalue weighted by Crippen LogP contribution is 2.28. The van der Waals surface area contributed by atoms with Crippen LogP contribution in [0.4, 0.5) is 0 Å². The van der Waals surface area contributed by atoms with Gasteiger partial charge in [-0.15, -0.1) is 0 Å². The molecule has 1 rings (SSSR count). The molecule has 4 N–H and O–H groups in total. The van der Waals surface area contributed by atoms with Crippen LogP contribution in [0.1, 0.15) is 40.0 Å². The third-order valence-corrected chi connectivity index (χ3v) is 3.07. The van der Waals surface area contributed by atoms with Crippen LogP contribution >= 0.6 is 0 Å². The van der Waals surface area contributed by atoms with Crippen molar-refractivity contribution < 1.29 is 9.59 Å². The molecule has 0 aromatic carbocycles. The zero-order valence-electron chi connectivity index (χ0n) is 13.9. The molecule has 126 valence electrons. The van der Waals surface area contributed by atoms with Crippen molar-refractivity contribution in [3.05, 3.63) is 0 Å². The highest BCUT2D eigenvalue weighted by Gasteiger charge is 2.28. The SMILES string of the molecule is CCNC(=NCCC(=O)NC(C)C)NCCNC(=O)C1CC1. The first kappa shape index (κ1) is 18.3. The third kappa shape index (κ3) is 8.49. The smallest absolute Gasteiger partial charge is 0.223 e. The molecule has 0 heterocycles. The van der Waals surface area contributed by atoms with Gasteiger partial charge < -0.3 is 21.3 Å². The molecule has 0 atom stereocenters. The minimum atomic E-state index is 0.00583. The van der Waals surface area contributed by atoms with E-state index in [1.807, 2.05) is 20.8 Å². The molecular formula is C15H29N5O2. The summed E-state index contributed by atoms with van der Waals surface area (Å²) >= 11 is 0.